The molecule has 1 aliphatic rings. The molecule has 20 heavy (non-hydrogen) atoms. The first-order valence-corrected chi connectivity index (χ1v) is 7.56. The number of hydrogen-bond donors (Lipinski definition) is 0. The van der Waals surface area contributed by atoms with Crippen LogP contribution in [0.4, 0.5) is 0 Å². The van der Waals surface area contributed by atoms with Gasteiger partial charge in [-0.15, -0.1) is 5.06 Å². The Labute approximate surface area is 122 Å². The quantitative estimate of drug-likeness (QED) is 0.672. The van der Waals surface area contributed by atoms with Crippen molar-refractivity contribution in [3.05, 3.63) is 0 Å². The lowest BCUT2D eigenvalue weighted by atomic mass is 9.97. The minimum atomic E-state index is -0.457. The van der Waals surface area contributed by atoms with E-state index < -0.39 is 5.41 Å². The van der Waals surface area contributed by atoms with Crippen molar-refractivity contribution in [1.82, 2.24) is 5.06 Å². The summed E-state index contributed by atoms with van der Waals surface area (Å²) in [7, 11) is 0. The van der Waals surface area contributed by atoms with Gasteiger partial charge in [-0.2, -0.15) is 0 Å². The largest absolute Gasteiger partial charge is 0.379 e. The van der Waals surface area contributed by atoms with E-state index in [0.717, 1.165) is 32.5 Å². The van der Waals surface area contributed by atoms with Gasteiger partial charge in [0.25, 0.3) is 0 Å². The zero-order valence-electron chi connectivity index (χ0n) is 13.3. The molecule has 1 aliphatic heterocycles. The Hall–Kier alpha value is -0.650. The van der Waals surface area contributed by atoms with E-state index in [4.69, 9.17) is 14.3 Å². The molecule has 0 spiro atoms. The van der Waals surface area contributed by atoms with E-state index in [0.29, 0.717) is 25.7 Å². The Kier molecular flexibility index (Phi) is 7.48. The molecule has 0 aromatic heterocycles. The average Bonchev–Trinajstić information content (AvgIpc) is 2.38. The van der Waals surface area contributed by atoms with Crippen LogP contribution in [0, 0.1) is 11.3 Å². The summed E-state index contributed by atoms with van der Waals surface area (Å²) >= 11 is 0. The molecular formula is C15H29NO4. The van der Waals surface area contributed by atoms with Crippen molar-refractivity contribution in [3.63, 3.8) is 0 Å². The predicted molar refractivity (Wildman–Crippen MR) is 77.2 cm³/mol. The molecule has 0 bridgehead atoms. The molecule has 0 aliphatic carbocycles. The molecular weight excluding hydrogens is 258 g/mol. The monoisotopic (exact) mass is 287 g/mol. The van der Waals surface area contributed by atoms with E-state index in [1.54, 1.807) is 5.06 Å². The normalized spacial score (nSPS) is 20.9. The third kappa shape index (κ3) is 6.68. The zero-order valence-corrected chi connectivity index (χ0v) is 13.3. The van der Waals surface area contributed by atoms with Gasteiger partial charge in [-0.05, 0) is 46.5 Å². The van der Waals surface area contributed by atoms with Crippen LogP contribution in [0.3, 0.4) is 0 Å². The molecule has 0 aromatic carbocycles. The van der Waals surface area contributed by atoms with Crippen LogP contribution < -0.4 is 0 Å². The van der Waals surface area contributed by atoms with Gasteiger partial charge in [0.2, 0.25) is 0 Å². The van der Waals surface area contributed by atoms with Crippen LogP contribution in [0.15, 0.2) is 0 Å². The van der Waals surface area contributed by atoms with Gasteiger partial charge in [-0.3, -0.25) is 0 Å². The highest BCUT2D eigenvalue weighted by Gasteiger charge is 2.28. The number of carbonyl (C=O) groups is 1. The van der Waals surface area contributed by atoms with Crippen molar-refractivity contribution in [2.24, 2.45) is 11.3 Å². The molecule has 1 atom stereocenters. The van der Waals surface area contributed by atoms with Crippen LogP contribution in [0.5, 0.6) is 0 Å². The number of nitrogens with zero attached hydrogens (tertiary/aromatic N) is 1. The minimum absolute atomic E-state index is 0.171. The molecule has 5 heteroatoms. The second-order valence-corrected chi connectivity index (χ2v) is 6.30. The average molecular weight is 287 g/mol. The van der Waals surface area contributed by atoms with Gasteiger partial charge in [0, 0.05) is 19.7 Å². The van der Waals surface area contributed by atoms with E-state index in [-0.39, 0.29) is 5.97 Å². The van der Waals surface area contributed by atoms with Crippen molar-refractivity contribution in [3.8, 4) is 0 Å². The fourth-order valence-electron chi connectivity index (χ4n) is 2.01. The SMILES string of the molecule is CCOCCOCC1CCCN(OC(=O)C(C)(C)C)C1. The van der Waals surface area contributed by atoms with Crippen molar-refractivity contribution < 1.29 is 19.1 Å². The summed E-state index contributed by atoms with van der Waals surface area (Å²) in [6, 6.07) is 0. The highest BCUT2D eigenvalue weighted by atomic mass is 16.7. The molecule has 1 rings (SSSR count). The second-order valence-electron chi connectivity index (χ2n) is 6.30. The van der Waals surface area contributed by atoms with Gasteiger partial charge in [0.1, 0.15) is 0 Å². The van der Waals surface area contributed by atoms with Crippen molar-refractivity contribution in [2.45, 2.75) is 40.5 Å². The first-order chi connectivity index (χ1) is 9.43. The number of piperidine rings is 1. The lowest BCUT2D eigenvalue weighted by Gasteiger charge is -2.32. The van der Waals surface area contributed by atoms with Crippen LogP contribution in [0.25, 0.3) is 0 Å². The summed E-state index contributed by atoms with van der Waals surface area (Å²) in [5, 5.41) is 1.79. The number of hydrogen-bond acceptors (Lipinski definition) is 5. The Morgan fingerprint density at radius 3 is 2.60 bits per heavy atom. The van der Waals surface area contributed by atoms with E-state index in [1.807, 2.05) is 27.7 Å². The topological polar surface area (TPSA) is 48.0 Å². The van der Waals surface area contributed by atoms with E-state index in [1.165, 1.54) is 0 Å². The molecule has 5 nitrogen and oxygen atoms in total. The van der Waals surface area contributed by atoms with Gasteiger partial charge in [-0.1, -0.05) is 0 Å². The molecule has 0 radical (unpaired) electrons. The lowest BCUT2D eigenvalue weighted by molar-refractivity contribution is -0.209. The van der Waals surface area contributed by atoms with Crippen LogP contribution >= 0.6 is 0 Å². The maximum Gasteiger partial charge on any atom is 0.330 e. The van der Waals surface area contributed by atoms with Gasteiger partial charge in [0.15, 0.2) is 0 Å². The zero-order chi connectivity index (χ0) is 15.0. The first kappa shape index (κ1) is 17.4. The van der Waals surface area contributed by atoms with Crippen LogP contribution in [0.2, 0.25) is 0 Å². The highest BCUT2D eigenvalue weighted by Crippen LogP contribution is 2.21. The fourth-order valence-corrected chi connectivity index (χ4v) is 2.01. The Morgan fingerprint density at radius 2 is 1.95 bits per heavy atom. The summed E-state index contributed by atoms with van der Waals surface area (Å²) in [6.45, 7) is 11.9. The fraction of sp³-hybridized carbons (Fsp3) is 0.933. The van der Waals surface area contributed by atoms with E-state index >= 15 is 0 Å². The van der Waals surface area contributed by atoms with E-state index in [9.17, 15) is 4.79 Å². The molecule has 1 saturated heterocycles. The molecule has 0 amide bonds. The molecule has 0 saturated carbocycles. The van der Waals surface area contributed by atoms with E-state index in [2.05, 4.69) is 0 Å². The summed E-state index contributed by atoms with van der Waals surface area (Å²) in [4.78, 5) is 17.3. The van der Waals surface area contributed by atoms with Crippen molar-refractivity contribution >= 4 is 5.97 Å². The van der Waals surface area contributed by atoms with Gasteiger partial charge < -0.3 is 14.3 Å². The van der Waals surface area contributed by atoms with Crippen molar-refractivity contribution in [1.29, 1.82) is 0 Å². The number of carbonyl (C=O) groups excluding carboxylic acids is 1. The summed E-state index contributed by atoms with van der Waals surface area (Å²) < 4.78 is 10.8. The summed E-state index contributed by atoms with van der Waals surface area (Å²) in [5.41, 5.74) is -0.457. The smallest absolute Gasteiger partial charge is 0.330 e. The Balaban J connectivity index is 2.23. The summed E-state index contributed by atoms with van der Waals surface area (Å²) in [5.74, 6) is 0.258. The summed E-state index contributed by atoms with van der Waals surface area (Å²) in [6.07, 6.45) is 2.16. The Morgan fingerprint density at radius 1 is 1.25 bits per heavy atom. The second kappa shape index (κ2) is 8.60. The molecule has 1 unspecified atom stereocenters. The van der Waals surface area contributed by atoms with Gasteiger partial charge in [0.05, 0.1) is 25.2 Å². The molecule has 118 valence electrons. The predicted octanol–water partition coefficient (Wildman–Crippen LogP) is 2.26. The third-order valence-electron chi connectivity index (χ3n) is 3.24. The molecule has 1 heterocycles. The van der Waals surface area contributed by atoms with Crippen LogP contribution in [0.1, 0.15) is 40.5 Å². The maximum atomic E-state index is 11.9. The Bertz CT molecular complexity index is 288. The number of ether oxygens (including phenoxy) is 2. The van der Waals surface area contributed by atoms with Crippen LogP contribution in [-0.4, -0.2) is 50.5 Å². The standard InChI is InChI=1S/C15H29NO4/c1-5-18-9-10-19-12-13-7-6-8-16(11-13)20-14(17)15(2,3)4/h13H,5-12H2,1-4H3. The molecule has 1 fully saturated rings. The highest BCUT2D eigenvalue weighted by molar-refractivity contribution is 5.75. The molecule has 0 N–H and O–H groups in total. The lowest BCUT2D eigenvalue weighted by Crippen LogP contribution is -2.41. The van der Waals surface area contributed by atoms with Gasteiger partial charge >= 0.3 is 5.97 Å². The number of hydroxylamine groups is 2. The third-order valence-corrected chi connectivity index (χ3v) is 3.24. The maximum absolute atomic E-state index is 11.9. The van der Waals surface area contributed by atoms with Gasteiger partial charge in [-0.25, -0.2) is 4.79 Å². The van der Waals surface area contributed by atoms with Crippen LogP contribution in [-0.2, 0) is 19.1 Å². The first-order valence-electron chi connectivity index (χ1n) is 7.56. The number of rotatable bonds is 7. The minimum Gasteiger partial charge on any atom is -0.379 e. The van der Waals surface area contributed by atoms with Crippen molar-refractivity contribution in [2.75, 3.05) is 39.5 Å². The molecule has 0 aromatic rings.